The molecule has 30 heavy (non-hydrogen) atoms. The average molecular weight is 427 g/mol. The van der Waals surface area contributed by atoms with E-state index in [-0.39, 0.29) is 12.0 Å². The Morgan fingerprint density at radius 2 is 2.00 bits per heavy atom. The summed E-state index contributed by atoms with van der Waals surface area (Å²) in [5.74, 6) is -0.0264. The van der Waals surface area contributed by atoms with Crippen molar-refractivity contribution in [2.45, 2.75) is 55.8 Å². The van der Waals surface area contributed by atoms with Gasteiger partial charge in [-0.2, -0.15) is 0 Å². The predicted molar refractivity (Wildman–Crippen MR) is 118 cm³/mol. The van der Waals surface area contributed by atoms with Gasteiger partial charge in [-0.15, -0.1) is 11.3 Å². The zero-order valence-electron chi connectivity index (χ0n) is 17.2. The molecule has 1 saturated carbocycles. The summed E-state index contributed by atoms with van der Waals surface area (Å²) >= 11 is 1.67. The highest BCUT2D eigenvalue weighted by Crippen LogP contribution is 2.42. The van der Waals surface area contributed by atoms with Crippen LogP contribution in [-0.4, -0.2) is 69.7 Å². The molecule has 0 radical (unpaired) electrons. The van der Waals surface area contributed by atoms with E-state index in [0.717, 1.165) is 50.6 Å². The van der Waals surface area contributed by atoms with Crippen molar-refractivity contribution in [2.75, 3.05) is 26.2 Å². The number of aromatic nitrogens is 1. The van der Waals surface area contributed by atoms with E-state index in [4.69, 9.17) is 0 Å². The summed E-state index contributed by atoms with van der Waals surface area (Å²) in [7, 11) is 0. The summed E-state index contributed by atoms with van der Waals surface area (Å²) in [5.41, 5.74) is 1.24. The van der Waals surface area contributed by atoms with Gasteiger partial charge in [0.2, 0.25) is 0 Å². The lowest BCUT2D eigenvalue weighted by Crippen LogP contribution is -2.71. The number of carboxylic acids is 1. The molecule has 3 aliphatic rings. The Bertz CT molecular complexity index is 845. The van der Waals surface area contributed by atoms with E-state index in [2.05, 4.69) is 50.4 Å². The monoisotopic (exact) mass is 426 g/mol. The lowest BCUT2D eigenvalue weighted by molar-refractivity contribution is -0.147. The molecular formula is C23H30N4O2S. The number of nitrogens with zero attached hydrogens (tertiary/aromatic N) is 3. The smallest absolute Gasteiger partial charge is 0.305 e. The van der Waals surface area contributed by atoms with E-state index in [9.17, 15) is 9.90 Å². The number of hydrogen-bond donors (Lipinski definition) is 2. The molecule has 3 heterocycles. The molecule has 2 N–H and O–H groups in total. The van der Waals surface area contributed by atoms with Gasteiger partial charge in [-0.25, -0.2) is 4.98 Å². The predicted octanol–water partition coefficient (Wildman–Crippen LogP) is 2.78. The average Bonchev–Trinajstić information content (AvgIpc) is 3.29. The maximum Gasteiger partial charge on any atom is 0.305 e. The topological polar surface area (TPSA) is 68.7 Å². The minimum absolute atomic E-state index is 0.208. The molecule has 2 aromatic rings. The lowest BCUT2D eigenvalue weighted by atomic mass is 9.82. The van der Waals surface area contributed by atoms with E-state index < -0.39 is 5.97 Å². The fourth-order valence-corrected chi connectivity index (χ4v) is 6.05. The van der Waals surface area contributed by atoms with Crippen molar-refractivity contribution in [3.63, 3.8) is 0 Å². The van der Waals surface area contributed by atoms with Crippen molar-refractivity contribution in [3.8, 4) is 0 Å². The Morgan fingerprint density at radius 3 is 2.67 bits per heavy atom. The van der Waals surface area contributed by atoms with Crippen molar-refractivity contribution in [1.29, 1.82) is 0 Å². The zero-order valence-corrected chi connectivity index (χ0v) is 18.1. The highest BCUT2D eigenvalue weighted by atomic mass is 32.1. The number of hydrogen-bond acceptors (Lipinski definition) is 6. The molecule has 2 atom stereocenters. The number of carbonyl (C=O) groups is 1. The quantitative estimate of drug-likeness (QED) is 0.677. The molecule has 160 valence electrons. The van der Waals surface area contributed by atoms with Crippen LogP contribution in [0.4, 0.5) is 0 Å². The summed E-state index contributed by atoms with van der Waals surface area (Å²) in [6, 6.07) is 12.0. The maximum absolute atomic E-state index is 11.6. The molecule has 0 bridgehead atoms. The first-order chi connectivity index (χ1) is 14.6. The molecule has 7 heteroatoms. The van der Waals surface area contributed by atoms with E-state index in [1.165, 1.54) is 12.0 Å². The Balaban J connectivity index is 1.12. The first-order valence-corrected chi connectivity index (χ1v) is 11.9. The van der Waals surface area contributed by atoms with Gasteiger partial charge in [-0.05, 0) is 24.8 Å². The van der Waals surface area contributed by atoms with Gasteiger partial charge >= 0.3 is 5.97 Å². The largest absolute Gasteiger partial charge is 0.481 e. The van der Waals surface area contributed by atoms with Crippen LogP contribution >= 0.6 is 11.3 Å². The van der Waals surface area contributed by atoms with Gasteiger partial charge in [0.1, 0.15) is 5.01 Å². The standard InChI is InChI=1S/C23H30N4O2S/c28-22(29)13-23(15-26(16-23)14-21-24-8-11-30-21)27-9-6-18(7-10-27)25-20-12-19(20)17-4-2-1-3-5-17/h1-5,8,11,18-20,25H,6-7,9-10,12-16H2,(H,28,29)/t19-,20-/m1/s1. The molecule has 5 rings (SSSR count). The summed E-state index contributed by atoms with van der Waals surface area (Å²) < 4.78 is 0. The fourth-order valence-electron chi connectivity index (χ4n) is 5.40. The Hall–Kier alpha value is -1.80. The molecule has 3 fully saturated rings. The molecule has 0 spiro atoms. The summed E-state index contributed by atoms with van der Waals surface area (Å²) in [4.78, 5) is 20.8. The van der Waals surface area contributed by atoms with Crippen LogP contribution in [0.2, 0.25) is 0 Å². The Morgan fingerprint density at radius 1 is 1.23 bits per heavy atom. The number of rotatable bonds is 8. The van der Waals surface area contributed by atoms with Crippen LogP contribution in [0, 0.1) is 0 Å². The molecule has 1 aliphatic carbocycles. The third-order valence-corrected chi connectivity index (χ3v) is 7.76. The van der Waals surface area contributed by atoms with E-state index >= 15 is 0 Å². The summed E-state index contributed by atoms with van der Waals surface area (Å²) in [6.07, 6.45) is 5.51. The van der Waals surface area contributed by atoms with Crippen LogP contribution in [0.25, 0.3) is 0 Å². The van der Waals surface area contributed by atoms with Crippen molar-refractivity contribution in [2.24, 2.45) is 0 Å². The number of nitrogens with one attached hydrogen (secondary N) is 1. The lowest BCUT2D eigenvalue weighted by Gasteiger charge is -2.57. The molecule has 2 aliphatic heterocycles. The van der Waals surface area contributed by atoms with Gasteiger partial charge in [-0.3, -0.25) is 14.6 Å². The number of piperidine rings is 1. The van der Waals surface area contributed by atoms with Crippen molar-refractivity contribution in [3.05, 3.63) is 52.5 Å². The van der Waals surface area contributed by atoms with Crippen LogP contribution in [0.1, 0.15) is 42.2 Å². The normalized spacial score (nSPS) is 26.9. The van der Waals surface area contributed by atoms with Crippen molar-refractivity contribution >= 4 is 17.3 Å². The molecular weight excluding hydrogens is 396 g/mol. The zero-order chi connectivity index (χ0) is 20.6. The Labute approximate surface area is 181 Å². The van der Waals surface area contributed by atoms with Crippen LogP contribution < -0.4 is 5.32 Å². The summed E-state index contributed by atoms with van der Waals surface area (Å²) in [6.45, 7) is 4.46. The number of thiazole rings is 1. The van der Waals surface area contributed by atoms with Crippen LogP contribution in [0.5, 0.6) is 0 Å². The number of likely N-dealkylation sites (tertiary alicyclic amines) is 2. The number of aliphatic carboxylic acids is 1. The summed E-state index contributed by atoms with van der Waals surface area (Å²) in [5, 5.41) is 16.5. The first kappa shape index (κ1) is 20.1. The number of carboxylic acid groups (broad SMARTS) is 1. The second-order valence-corrected chi connectivity index (χ2v) is 10.1. The van der Waals surface area contributed by atoms with E-state index in [0.29, 0.717) is 18.0 Å². The van der Waals surface area contributed by atoms with Gasteiger partial charge in [0.25, 0.3) is 0 Å². The molecule has 1 aromatic heterocycles. The van der Waals surface area contributed by atoms with E-state index in [1.807, 2.05) is 11.6 Å². The van der Waals surface area contributed by atoms with Crippen LogP contribution in [-0.2, 0) is 11.3 Å². The molecule has 0 unspecified atom stereocenters. The van der Waals surface area contributed by atoms with Gasteiger partial charge in [0.15, 0.2) is 0 Å². The molecule has 0 amide bonds. The van der Waals surface area contributed by atoms with Gasteiger partial charge in [0, 0.05) is 55.8 Å². The SMILES string of the molecule is O=C(O)CC1(N2CCC(N[C@@H]3C[C@@H]3c3ccccc3)CC2)CN(Cc2nccs2)C1. The maximum atomic E-state index is 11.6. The third-order valence-electron chi connectivity index (χ3n) is 6.99. The minimum Gasteiger partial charge on any atom is -0.481 e. The molecule has 6 nitrogen and oxygen atoms in total. The van der Waals surface area contributed by atoms with Crippen LogP contribution in [0.15, 0.2) is 41.9 Å². The van der Waals surface area contributed by atoms with Gasteiger partial charge < -0.3 is 10.4 Å². The highest BCUT2D eigenvalue weighted by Gasteiger charge is 2.50. The van der Waals surface area contributed by atoms with Crippen molar-refractivity contribution < 1.29 is 9.90 Å². The van der Waals surface area contributed by atoms with Gasteiger partial charge in [0.05, 0.1) is 18.5 Å². The Kier molecular flexibility index (Phi) is 5.62. The second-order valence-electron chi connectivity index (χ2n) is 9.15. The minimum atomic E-state index is -0.687. The third kappa shape index (κ3) is 4.30. The second kappa shape index (κ2) is 8.38. The fraction of sp³-hybridized carbons (Fsp3) is 0.565. The van der Waals surface area contributed by atoms with E-state index in [1.54, 1.807) is 11.3 Å². The van der Waals surface area contributed by atoms with Gasteiger partial charge in [-0.1, -0.05) is 30.3 Å². The van der Waals surface area contributed by atoms with Crippen LogP contribution in [0.3, 0.4) is 0 Å². The molecule has 1 aromatic carbocycles. The number of benzene rings is 1. The highest BCUT2D eigenvalue weighted by molar-refractivity contribution is 7.09. The molecule has 2 saturated heterocycles. The van der Waals surface area contributed by atoms with Crippen molar-refractivity contribution in [1.82, 2.24) is 20.1 Å². The first-order valence-electron chi connectivity index (χ1n) is 11.0.